The second-order valence-corrected chi connectivity index (χ2v) is 4.70. The molecule has 7 heteroatoms. The van der Waals surface area contributed by atoms with Gasteiger partial charge < -0.3 is 9.84 Å². The second kappa shape index (κ2) is 4.40. The fourth-order valence-corrected chi connectivity index (χ4v) is 2.16. The maximum absolute atomic E-state index is 11.6. The van der Waals surface area contributed by atoms with Crippen LogP contribution in [0.25, 0.3) is 0 Å². The highest BCUT2D eigenvalue weighted by Gasteiger charge is 2.47. The van der Waals surface area contributed by atoms with Crippen LogP contribution >= 0.6 is 0 Å². The quantitative estimate of drug-likeness (QED) is 0.816. The minimum atomic E-state index is -1.07. The summed E-state index contributed by atoms with van der Waals surface area (Å²) in [5, 5.41) is 20.3. The van der Waals surface area contributed by atoms with Crippen molar-refractivity contribution in [3.05, 3.63) is 6.33 Å². The van der Waals surface area contributed by atoms with Gasteiger partial charge in [-0.25, -0.2) is 9.48 Å². The summed E-state index contributed by atoms with van der Waals surface area (Å²) in [5.41, 5.74) is -1.07. The third-order valence-electron chi connectivity index (χ3n) is 3.32. The van der Waals surface area contributed by atoms with E-state index in [2.05, 4.69) is 15.5 Å². The van der Waals surface area contributed by atoms with Crippen LogP contribution in [0.4, 0.5) is 0 Å². The van der Waals surface area contributed by atoms with E-state index in [4.69, 9.17) is 4.74 Å². The molecule has 94 valence electrons. The molecular weight excluding hydrogens is 224 g/mol. The summed E-state index contributed by atoms with van der Waals surface area (Å²) in [7, 11) is 0. The third kappa shape index (κ3) is 2.02. The van der Waals surface area contributed by atoms with Crippen molar-refractivity contribution in [3.8, 4) is 0 Å². The number of ether oxygens (including phenoxy) is 1. The molecule has 2 atom stereocenters. The number of carbonyl (C=O) groups is 1. The molecule has 17 heavy (non-hydrogen) atoms. The van der Waals surface area contributed by atoms with Gasteiger partial charge in [0.2, 0.25) is 0 Å². The van der Waals surface area contributed by atoms with Crippen molar-refractivity contribution in [2.45, 2.75) is 38.3 Å². The van der Waals surface area contributed by atoms with Crippen molar-refractivity contribution in [1.82, 2.24) is 20.2 Å². The van der Waals surface area contributed by atoms with Gasteiger partial charge in [-0.3, -0.25) is 0 Å². The van der Waals surface area contributed by atoms with Crippen molar-refractivity contribution < 1.29 is 14.6 Å². The van der Waals surface area contributed by atoms with Crippen LogP contribution in [0.1, 0.15) is 26.7 Å². The van der Waals surface area contributed by atoms with Gasteiger partial charge in [-0.05, 0) is 16.3 Å². The monoisotopic (exact) mass is 240 g/mol. The molecule has 2 unspecified atom stereocenters. The number of rotatable bonds is 3. The molecule has 0 bridgehead atoms. The molecule has 0 spiro atoms. The van der Waals surface area contributed by atoms with Crippen molar-refractivity contribution >= 4 is 5.97 Å². The Morgan fingerprint density at radius 1 is 1.65 bits per heavy atom. The van der Waals surface area contributed by atoms with Crippen LogP contribution in [-0.2, 0) is 15.1 Å². The van der Waals surface area contributed by atoms with Crippen LogP contribution in [0, 0.1) is 5.92 Å². The lowest BCUT2D eigenvalue weighted by atomic mass is 9.83. The lowest BCUT2D eigenvalue weighted by molar-refractivity contribution is -0.159. The zero-order valence-electron chi connectivity index (χ0n) is 9.91. The largest absolute Gasteiger partial charge is 0.479 e. The van der Waals surface area contributed by atoms with Gasteiger partial charge in [0.1, 0.15) is 6.33 Å². The smallest absolute Gasteiger partial charge is 0.331 e. The molecule has 1 N–H and O–H groups in total. The Hall–Kier alpha value is -1.50. The number of hydrogen-bond acceptors (Lipinski definition) is 5. The summed E-state index contributed by atoms with van der Waals surface area (Å²) in [4.78, 5) is 11.6. The van der Waals surface area contributed by atoms with Gasteiger partial charge in [-0.15, -0.1) is 5.10 Å². The Bertz CT molecular complexity index is 392. The summed E-state index contributed by atoms with van der Waals surface area (Å²) in [5.74, 6) is -0.635. The number of carboxylic acid groups (broad SMARTS) is 1. The van der Waals surface area contributed by atoms with Crippen LogP contribution in [0.5, 0.6) is 0 Å². The standard InChI is InChI=1S/C10H16N4O3/c1-7(2)8-5-10(9(15)16,3-4-17-8)14-6-11-12-13-14/h6-8H,3-5H2,1-2H3,(H,15,16). The topological polar surface area (TPSA) is 90.1 Å². The summed E-state index contributed by atoms with van der Waals surface area (Å²) in [6.45, 7) is 4.44. The van der Waals surface area contributed by atoms with Gasteiger partial charge >= 0.3 is 5.97 Å². The molecule has 7 nitrogen and oxygen atoms in total. The average Bonchev–Trinajstić information content (AvgIpc) is 2.82. The first kappa shape index (κ1) is 12.0. The summed E-state index contributed by atoms with van der Waals surface area (Å²) in [6, 6.07) is 0. The highest BCUT2D eigenvalue weighted by atomic mass is 16.5. The predicted octanol–water partition coefficient (Wildman–Crippen LogP) is 0.288. The van der Waals surface area contributed by atoms with Gasteiger partial charge in [0.25, 0.3) is 0 Å². The Kier molecular flexibility index (Phi) is 3.10. The zero-order chi connectivity index (χ0) is 12.5. The van der Waals surface area contributed by atoms with Crippen LogP contribution in [0.15, 0.2) is 6.33 Å². The van der Waals surface area contributed by atoms with E-state index in [1.165, 1.54) is 11.0 Å². The van der Waals surface area contributed by atoms with Crippen molar-refractivity contribution in [2.75, 3.05) is 6.61 Å². The molecule has 1 saturated heterocycles. The highest BCUT2D eigenvalue weighted by molar-refractivity contribution is 5.76. The summed E-state index contributed by atoms with van der Waals surface area (Å²) < 4.78 is 6.94. The SMILES string of the molecule is CC(C)C1CC(C(=O)O)(n2cnnn2)CCO1. The normalized spacial score (nSPS) is 29.5. The van der Waals surface area contributed by atoms with E-state index in [0.717, 1.165) is 0 Å². The number of hydrogen-bond donors (Lipinski definition) is 1. The fourth-order valence-electron chi connectivity index (χ4n) is 2.16. The minimum Gasteiger partial charge on any atom is -0.479 e. The molecule has 2 rings (SSSR count). The zero-order valence-corrected chi connectivity index (χ0v) is 9.91. The number of aromatic nitrogens is 4. The molecule has 0 aliphatic carbocycles. The van der Waals surface area contributed by atoms with E-state index in [1.54, 1.807) is 0 Å². The van der Waals surface area contributed by atoms with Gasteiger partial charge in [0.05, 0.1) is 6.10 Å². The van der Waals surface area contributed by atoms with Crippen LogP contribution in [0.3, 0.4) is 0 Å². The van der Waals surface area contributed by atoms with E-state index < -0.39 is 11.5 Å². The molecule has 1 fully saturated rings. The first-order valence-corrected chi connectivity index (χ1v) is 5.65. The molecule has 0 aromatic carbocycles. The molecule has 1 aliphatic rings. The Morgan fingerprint density at radius 3 is 2.94 bits per heavy atom. The second-order valence-electron chi connectivity index (χ2n) is 4.70. The van der Waals surface area contributed by atoms with E-state index in [1.807, 2.05) is 13.8 Å². The Morgan fingerprint density at radius 2 is 2.41 bits per heavy atom. The number of tetrazole rings is 1. The molecule has 0 saturated carbocycles. The van der Waals surface area contributed by atoms with Crippen LogP contribution < -0.4 is 0 Å². The fraction of sp³-hybridized carbons (Fsp3) is 0.800. The van der Waals surface area contributed by atoms with Gasteiger partial charge in [0, 0.05) is 19.4 Å². The van der Waals surface area contributed by atoms with E-state index in [0.29, 0.717) is 19.4 Å². The van der Waals surface area contributed by atoms with E-state index >= 15 is 0 Å². The van der Waals surface area contributed by atoms with E-state index in [9.17, 15) is 9.90 Å². The molecule has 1 aliphatic heterocycles. The van der Waals surface area contributed by atoms with E-state index in [-0.39, 0.29) is 12.0 Å². The average molecular weight is 240 g/mol. The molecule has 2 heterocycles. The number of nitrogens with zero attached hydrogens (tertiary/aromatic N) is 4. The van der Waals surface area contributed by atoms with Crippen molar-refractivity contribution in [3.63, 3.8) is 0 Å². The van der Waals surface area contributed by atoms with Crippen LogP contribution in [-0.4, -0.2) is 44.0 Å². The predicted molar refractivity (Wildman–Crippen MR) is 57.2 cm³/mol. The first-order valence-electron chi connectivity index (χ1n) is 5.65. The molecular formula is C10H16N4O3. The minimum absolute atomic E-state index is 0.0796. The Balaban J connectivity index is 2.32. The molecule has 0 radical (unpaired) electrons. The molecule has 1 aromatic heterocycles. The van der Waals surface area contributed by atoms with Crippen molar-refractivity contribution in [1.29, 1.82) is 0 Å². The maximum atomic E-state index is 11.6. The number of aliphatic carboxylic acids is 1. The maximum Gasteiger partial charge on any atom is 0.331 e. The van der Waals surface area contributed by atoms with Gasteiger partial charge in [-0.2, -0.15) is 0 Å². The molecule has 1 aromatic rings. The Labute approximate surface area is 98.8 Å². The lowest BCUT2D eigenvalue weighted by Gasteiger charge is -2.38. The number of carboxylic acids is 1. The summed E-state index contributed by atoms with van der Waals surface area (Å²) >= 11 is 0. The van der Waals surface area contributed by atoms with Gasteiger partial charge in [-0.1, -0.05) is 13.8 Å². The van der Waals surface area contributed by atoms with Gasteiger partial charge in [0.15, 0.2) is 5.54 Å². The lowest BCUT2D eigenvalue weighted by Crippen LogP contribution is -2.50. The van der Waals surface area contributed by atoms with Crippen molar-refractivity contribution in [2.24, 2.45) is 5.92 Å². The third-order valence-corrected chi connectivity index (χ3v) is 3.32. The summed E-state index contributed by atoms with van der Waals surface area (Å²) in [6.07, 6.45) is 2.06. The van der Waals surface area contributed by atoms with Crippen LogP contribution in [0.2, 0.25) is 0 Å². The molecule has 0 amide bonds. The highest BCUT2D eigenvalue weighted by Crippen LogP contribution is 2.34. The first-order chi connectivity index (χ1) is 8.06.